The van der Waals surface area contributed by atoms with Crippen LogP contribution in [0.3, 0.4) is 0 Å². The Labute approximate surface area is 195 Å². The largest absolute Gasteiger partial charge is 0.462 e. The first-order valence-corrected chi connectivity index (χ1v) is 12.7. The average molecular weight is 471 g/mol. The smallest absolute Gasteiger partial charge is 0.341 e. The van der Waals surface area contributed by atoms with Crippen LogP contribution in [0.15, 0.2) is 40.9 Å². The minimum atomic E-state index is -0.438. The van der Waals surface area contributed by atoms with Gasteiger partial charge in [0.2, 0.25) is 5.91 Å². The van der Waals surface area contributed by atoms with Gasteiger partial charge in [0.1, 0.15) is 16.4 Å². The number of nitrogens with one attached hydrogen (secondary N) is 1. The lowest BCUT2D eigenvalue weighted by molar-refractivity contribution is -0.113. The molecule has 1 N–H and O–H groups in total. The van der Waals surface area contributed by atoms with Crippen LogP contribution in [-0.4, -0.2) is 39.0 Å². The van der Waals surface area contributed by atoms with E-state index in [0.29, 0.717) is 16.5 Å². The fourth-order valence-electron chi connectivity index (χ4n) is 3.46. The van der Waals surface area contributed by atoms with E-state index in [4.69, 9.17) is 4.74 Å². The van der Waals surface area contributed by atoms with Crippen LogP contribution in [0, 0.1) is 0 Å². The molecule has 0 atom stereocenters. The number of carbonyl (C=O) groups is 2. The molecule has 1 aliphatic rings. The molecule has 7 nitrogen and oxygen atoms in total. The van der Waals surface area contributed by atoms with Crippen LogP contribution in [0.5, 0.6) is 0 Å². The fourth-order valence-corrected chi connectivity index (χ4v) is 5.21. The molecule has 32 heavy (non-hydrogen) atoms. The van der Waals surface area contributed by atoms with Crippen LogP contribution in [0.2, 0.25) is 0 Å². The van der Waals surface area contributed by atoms with Gasteiger partial charge in [-0.1, -0.05) is 49.0 Å². The van der Waals surface area contributed by atoms with E-state index in [0.717, 1.165) is 47.9 Å². The Bertz CT molecular complexity index is 1090. The van der Waals surface area contributed by atoms with E-state index in [1.807, 2.05) is 35.7 Å². The van der Waals surface area contributed by atoms with Gasteiger partial charge in [0.05, 0.1) is 12.4 Å². The van der Waals surface area contributed by atoms with Crippen molar-refractivity contribution in [3.8, 4) is 11.1 Å². The molecule has 0 radical (unpaired) electrons. The lowest BCUT2D eigenvalue weighted by atomic mass is 10.0. The maximum absolute atomic E-state index is 12.8. The number of thiophene rings is 1. The highest BCUT2D eigenvalue weighted by Gasteiger charge is 2.30. The predicted molar refractivity (Wildman–Crippen MR) is 127 cm³/mol. The Morgan fingerprint density at radius 1 is 1.22 bits per heavy atom. The number of hydrogen-bond donors (Lipinski definition) is 1. The lowest BCUT2D eigenvalue weighted by Crippen LogP contribution is -2.17. The van der Waals surface area contributed by atoms with Crippen molar-refractivity contribution in [2.24, 2.45) is 0 Å². The summed E-state index contributed by atoms with van der Waals surface area (Å²) in [5, 5.41) is 14.7. The summed E-state index contributed by atoms with van der Waals surface area (Å²) in [5.41, 5.74) is 2.06. The molecule has 1 amide bonds. The SMILES string of the molecule is CCCn1c(SCC(=O)Nc2scc(-c3ccccc3)c2C(=O)OCC)nnc1C1CC1. The topological polar surface area (TPSA) is 86.1 Å². The van der Waals surface area contributed by atoms with Gasteiger partial charge in [-0.25, -0.2) is 4.79 Å². The first kappa shape index (κ1) is 22.5. The van der Waals surface area contributed by atoms with Crippen molar-refractivity contribution in [2.75, 3.05) is 17.7 Å². The van der Waals surface area contributed by atoms with Crippen molar-refractivity contribution < 1.29 is 14.3 Å². The fraction of sp³-hybridized carbons (Fsp3) is 0.391. The summed E-state index contributed by atoms with van der Waals surface area (Å²) in [5.74, 6) is 1.10. The number of benzene rings is 1. The van der Waals surface area contributed by atoms with Gasteiger partial charge < -0.3 is 14.6 Å². The highest BCUT2D eigenvalue weighted by atomic mass is 32.2. The van der Waals surface area contributed by atoms with Gasteiger partial charge in [-0.05, 0) is 31.7 Å². The second kappa shape index (κ2) is 10.3. The molecule has 2 aromatic heterocycles. The van der Waals surface area contributed by atoms with Gasteiger partial charge in [-0.3, -0.25) is 4.79 Å². The first-order chi connectivity index (χ1) is 15.6. The molecule has 0 saturated heterocycles. The molecule has 1 saturated carbocycles. The molecule has 4 rings (SSSR count). The van der Waals surface area contributed by atoms with E-state index in [-0.39, 0.29) is 18.3 Å². The summed E-state index contributed by atoms with van der Waals surface area (Å²) in [7, 11) is 0. The standard InChI is InChI=1S/C23H26N4O3S2/c1-3-12-27-20(16-10-11-16)25-26-23(27)32-14-18(28)24-21-19(22(29)30-4-2)17(13-31-21)15-8-6-5-7-9-15/h5-9,13,16H,3-4,10-12,14H2,1-2H3,(H,24,28). The van der Waals surface area contributed by atoms with Gasteiger partial charge in [0.15, 0.2) is 5.16 Å². The molecule has 1 aliphatic carbocycles. The summed E-state index contributed by atoms with van der Waals surface area (Å²) >= 11 is 2.70. The molecular weight excluding hydrogens is 444 g/mol. The van der Waals surface area contributed by atoms with Crippen LogP contribution in [-0.2, 0) is 16.1 Å². The third-order valence-electron chi connectivity index (χ3n) is 5.08. The molecule has 168 valence electrons. The summed E-state index contributed by atoms with van der Waals surface area (Å²) < 4.78 is 7.40. The van der Waals surface area contributed by atoms with Crippen molar-refractivity contribution in [3.05, 3.63) is 47.1 Å². The van der Waals surface area contributed by atoms with E-state index in [1.165, 1.54) is 23.1 Å². The predicted octanol–water partition coefficient (Wildman–Crippen LogP) is 5.20. The van der Waals surface area contributed by atoms with E-state index < -0.39 is 5.97 Å². The number of anilines is 1. The zero-order chi connectivity index (χ0) is 22.5. The summed E-state index contributed by atoms with van der Waals surface area (Å²) in [6.07, 6.45) is 3.30. The minimum absolute atomic E-state index is 0.188. The average Bonchev–Trinajstić information content (AvgIpc) is 3.43. The Kier molecular flexibility index (Phi) is 7.26. The molecule has 1 fully saturated rings. The molecule has 3 aromatic rings. The third-order valence-corrected chi connectivity index (χ3v) is 6.94. The number of ether oxygens (including phenoxy) is 1. The molecule has 0 aliphatic heterocycles. The normalized spacial score (nSPS) is 13.2. The van der Waals surface area contributed by atoms with Crippen LogP contribution in [0.4, 0.5) is 5.00 Å². The minimum Gasteiger partial charge on any atom is -0.462 e. The van der Waals surface area contributed by atoms with Crippen molar-refractivity contribution >= 4 is 40.0 Å². The highest BCUT2D eigenvalue weighted by Crippen LogP contribution is 2.40. The molecule has 0 spiro atoms. The summed E-state index contributed by atoms with van der Waals surface area (Å²) in [4.78, 5) is 25.4. The number of nitrogens with zero attached hydrogens (tertiary/aromatic N) is 3. The monoisotopic (exact) mass is 470 g/mol. The van der Waals surface area contributed by atoms with E-state index >= 15 is 0 Å². The Morgan fingerprint density at radius 3 is 2.69 bits per heavy atom. The van der Waals surface area contributed by atoms with Crippen molar-refractivity contribution in [2.45, 2.75) is 50.7 Å². The van der Waals surface area contributed by atoms with E-state index in [9.17, 15) is 9.59 Å². The number of carbonyl (C=O) groups excluding carboxylic acids is 2. The number of hydrogen-bond acceptors (Lipinski definition) is 7. The highest BCUT2D eigenvalue weighted by molar-refractivity contribution is 7.99. The second-order valence-corrected chi connectivity index (χ2v) is 9.37. The van der Waals surface area contributed by atoms with E-state index in [1.54, 1.807) is 6.92 Å². The number of thioether (sulfide) groups is 1. The molecule has 2 heterocycles. The van der Waals surface area contributed by atoms with Crippen molar-refractivity contribution in [1.29, 1.82) is 0 Å². The van der Waals surface area contributed by atoms with Gasteiger partial charge >= 0.3 is 5.97 Å². The van der Waals surface area contributed by atoms with Crippen molar-refractivity contribution in [1.82, 2.24) is 14.8 Å². The second-order valence-electron chi connectivity index (χ2n) is 7.54. The van der Waals surface area contributed by atoms with Crippen LogP contribution >= 0.6 is 23.1 Å². The summed E-state index contributed by atoms with van der Waals surface area (Å²) in [6, 6.07) is 9.62. The number of aromatic nitrogens is 3. The lowest BCUT2D eigenvalue weighted by Gasteiger charge is -2.10. The van der Waals surface area contributed by atoms with Gasteiger partial charge in [-0.2, -0.15) is 0 Å². The molecule has 0 unspecified atom stereocenters. The third kappa shape index (κ3) is 5.05. The van der Waals surface area contributed by atoms with Crippen LogP contribution in [0.25, 0.3) is 11.1 Å². The maximum Gasteiger partial charge on any atom is 0.341 e. The zero-order valence-electron chi connectivity index (χ0n) is 18.2. The molecular formula is C23H26N4O3S2. The Morgan fingerprint density at radius 2 is 2.00 bits per heavy atom. The maximum atomic E-state index is 12.8. The molecule has 1 aromatic carbocycles. The number of esters is 1. The van der Waals surface area contributed by atoms with Gasteiger partial charge in [0.25, 0.3) is 0 Å². The summed E-state index contributed by atoms with van der Waals surface area (Å²) in [6.45, 7) is 5.00. The van der Waals surface area contributed by atoms with Crippen LogP contribution in [0.1, 0.15) is 55.2 Å². The molecule has 0 bridgehead atoms. The Balaban J connectivity index is 1.49. The van der Waals surface area contributed by atoms with Crippen LogP contribution < -0.4 is 5.32 Å². The first-order valence-electron chi connectivity index (χ1n) is 10.8. The number of rotatable bonds is 10. The van der Waals surface area contributed by atoms with Gasteiger partial charge in [-0.15, -0.1) is 21.5 Å². The Hall–Kier alpha value is -2.65. The van der Waals surface area contributed by atoms with Gasteiger partial charge in [0, 0.05) is 23.4 Å². The quantitative estimate of drug-likeness (QED) is 0.324. The van der Waals surface area contributed by atoms with Crippen molar-refractivity contribution in [3.63, 3.8) is 0 Å². The zero-order valence-corrected chi connectivity index (χ0v) is 19.8. The number of amides is 1. The molecule has 9 heteroatoms. The van der Waals surface area contributed by atoms with E-state index in [2.05, 4.69) is 27.0 Å².